The zero-order chi connectivity index (χ0) is 30.5. The van der Waals surface area contributed by atoms with Gasteiger partial charge in [-0.2, -0.15) is 0 Å². The number of nitrogens with zero attached hydrogens (tertiary/aromatic N) is 3. The molecule has 10 heteroatoms. The van der Waals surface area contributed by atoms with Gasteiger partial charge in [-0.25, -0.2) is 9.18 Å². The minimum Gasteiger partial charge on any atom is -0.495 e. The molecule has 1 aliphatic heterocycles. The summed E-state index contributed by atoms with van der Waals surface area (Å²) in [6.07, 6.45) is 1.90. The third-order valence-electron chi connectivity index (χ3n) is 7.93. The Hall–Kier alpha value is -4.57. The van der Waals surface area contributed by atoms with Crippen molar-refractivity contribution in [3.8, 4) is 5.75 Å². The number of carbonyl (C=O) groups excluding carboxylic acids is 2. The van der Waals surface area contributed by atoms with Crippen molar-refractivity contribution in [1.82, 2.24) is 20.1 Å². The van der Waals surface area contributed by atoms with Crippen molar-refractivity contribution >= 4 is 34.2 Å². The number of H-pyrrole nitrogens is 1. The molecule has 4 aromatic rings. The first-order chi connectivity index (χ1) is 20.7. The van der Waals surface area contributed by atoms with Gasteiger partial charge in [0.15, 0.2) is 0 Å². The van der Waals surface area contributed by atoms with Crippen LogP contribution in [-0.2, 0) is 11.3 Å². The van der Waals surface area contributed by atoms with Crippen LogP contribution in [0.3, 0.4) is 0 Å². The summed E-state index contributed by atoms with van der Waals surface area (Å²) < 4.78 is 19.3. The lowest BCUT2D eigenvalue weighted by Gasteiger charge is -2.37. The van der Waals surface area contributed by atoms with Crippen molar-refractivity contribution in [3.05, 3.63) is 89.9 Å². The van der Waals surface area contributed by atoms with Gasteiger partial charge in [0.25, 0.3) is 0 Å². The van der Waals surface area contributed by atoms with E-state index < -0.39 is 6.04 Å². The minimum atomic E-state index is -0.879. The molecular weight excluding hydrogens is 547 g/mol. The molecule has 3 amide bonds. The maximum atomic E-state index is 14.0. The molecular formula is C33H39FN6O3. The SMILES string of the molecule is COc1ccc(CN(C)C)cc1NC(=O)C(NC(=O)N1CCN(c2cccc(F)c2)CC1)C(C)c1c[nH]c2ccccc12. The quantitative estimate of drug-likeness (QED) is 0.256. The maximum Gasteiger partial charge on any atom is 0.318 e. The topological polar surface area (TPSA) is 92.9 Å². The number of benzene rings is 3. The van der Waals surface area contributed by atoms with Crippen LogP contribution in [0.15, 0.2) is 72.9 Å². The number of rotatable bonds is 9. The van der Waals surface area contributed by atoms with Crippen LogP contribution in [0, 0.1) is 5.82 Å². The Morgan fingerprint density at radius 1 is 1.02 bits per heavy atom. The number of nitrogens with one attached hydrogen (secondary N) is 3. The van der Waals surface area contributed by atoms with Crippen molar-refractivity contribution in [2.75, 3.05) is 57.6 Å². The largest absolute Gasteiger partial charge is 0.495 e. The van der Waals surface area contributed by atoms with E-state index in [9.17, 15) is 14.0 Å². The molecule has 2 unspecified atom stereocenters. The van der Waals surface area contributed by atoms with E-state index >= 15 is 0 Å². The molecule has 1 aromatic heterocycles. The Bertz CT molecular complexity index is 1580. The lowest BCUT2D eigenvalue weighted by molar-refractivity contribution is -0.118. The molecule has 2 heterocycles. The van der Waals surface area contributed by atoms with Crippen molar-refractivity contribution in [2.45, 2.75) is 25.4 Å². The fourth-order valence-electron chi connectivity index (χ4n) is 5.66. The molecule has 226 valence electrons. The number of methoxy groups -OCH3 is 1. The molecule has 2 atom stereocenters. The normalized spacial score (nSPS) is 14.9. The first-order valence-corrected chi connectivity index (χ1v) is 14.5. The molecule has 0 saturated carbocycles. The van der Waals surface area contributed by atoms with Crippen LogP contribution in [0.25, 0.3) is 10.9 Å². The molecule has 0 bridgehead atoms. The highest BCUT2D eigenvalue weighted by Gasteiger charge is 2.32. The smallest absolute Gasteiger partial charge is 0.318 e. The number of para-hydroxylation sites is 1. The second-order valence-electron chi connectivity index (χ2n) is 11.2. The number of aromatic nitrogens is 1. The third-order valence-corrected chi connectivity index (χ3v) is 7.93. The predicted molar refractivity (Wildman–Crippen MR) is 168 cm³/mol. The van der Waals surface area contributed by atoms with Crippen LogP contribution in [-0.4, -0.2) is 80.1 Å². The van der Waals surface area contributed by atoms with Gasteiger partial charge in [0.2, 0.25) is 5.91 Å². The second kappa shape index (κ2) is 13.2. The molecule has 1 aliphatic rings. The molecule has 3 aromatic carbocycles. The van der Waals surface area contributed by atoms with Gasteiger partial charge in [-0.15, -0.1) is 0 Å². The molecule has 0 radical (unpaired) electrons. The van der Waals surface area contributed by atoms with Crippen molar-refractivity contribution in [2.24, 2.45) is 0 Å². The number of halogens is 1. The summed E-state index contributed by atoms with van der Waals surface area (Å²) in [5, 5.41) is 7.08. The Morgan fingerprint density at radius 3 is 2.51 bits per heavy atom. The predicted octanol–water partition coefficient (Wildman–Crippen LogP) is 5.02. The van der Waals surface area contributed by atoms with E-state index in [4.69, 9.17) is 4.74 Å². The van der Waals surface area contributed by atoms with Gasteiger partial charge in [-0.1, -0.05) is 37.3 Å². The number of hydrogen-bond acceptors (Lipinski definition) is 5. The molecule has 1 fully saturated rings. The van der Waals surface area contributed by atoms with E-state index in [0.29, 0.717) is 44.2 Å². The van der Waals surface area contributed by atoms with Gasteiger partial charge in [-0.05, 0) is 61.6 Å². The maximum absolute atomic E-state index is 14.0. The van der Waals surface area contributed by atoms with Crippen molar-refractivity contribution in [1.29, 1.82) is 0 Å². The zero-order valence-corrected chi connectivity index (χ0v) is 25.1. The van der Waals surface area contributed by atoms with Crippen molar-refractivity contribution < 1.29 is 18.7 Å². The van der Waals surface area contributed by atoms with Crippen LogP contribution in [0.1, 0.15) is 24.0 Å². The van der Waals surface area contributed by atoms with Crippen molar-refractivity contribution in [3.63, 3.8) is 0 Å². The van der Waals surface area contributed by atoms with Crippen LogP contribution in [0.5, 0.6) is 5.75 Å². The zero-order valence-electron chi connectivity index (χ0n) is 25.1. The fraction of sp³-hybridized carbons (Fsp3) is 0.333. The summed E-state index contributed by atoms with van der Waals surface area (Å²) in [7, 11) is 5.53. The summed E-state index contributed by atoms with van der Waals surface area (Å²) in [4.78, 5) is 36.7. The lowest BCUT2D eigenvalue weighted by atomic mass is 9.92. The van der Waals surface area contributed by atoms with Gasteiger partial charge >= 0.3 is 6.03 Å². The van der Waals surface area contributed by atoms with Gasteiger partial charge in [-0.3, -0.25) is 4.79 Å². The second-order valence-corrected chi connectivity index (χ2v) is 11.2. The Kier molecular flexibility index (Phi) is 9.16. The average molecular weight is 587 g/mol. The number of anilines is 2. The number of amides is 3. The number of hydrogen-bond donors (Lipinski definition) is 3. The minimum absolute atomic E-state index is 0.290. The van der Waals surface area contributed by atoms with Gasteiger partial charge in [0, 0.05) is 61.4 Å². The van der Waals surface area contributed by atoms with E-state index in [0.717, 1.165) is 27.7 Å². The fourth-order valence-corrected chi connectivity index (χ4v) is 5.66. The molecule has 0 spiro atoms. The summed E-state index contributed by atoms with van der Waals surface area (Å²) in [5.74, 6) is -0.453. The molecule has 3 N–H and O–H groups in total. The van der Waals surface area contributed by atoms with E-state index in [-0.39, 0.29) is 23.7 Å². The number of aromatic amines is 1. The standard InChI is InChI=1S/C33H39FN6O3/c1-22(27-20-35-28-11-6-5-10-26(27)28)31(32(41)36-29-18-23(21-38(2)3)12-13-30(29)43-4)37-33(42)40-16-14-39(15-17-40)25-9-7-8-24(34)19-25/h5-13,18-20,22,31,35H,14-17,21H2,1-4H3,(H,36,41)(H,37,42). The lowest BCUT2D eigenvalue weighted by Crippen LogP contribution is -2.56. The first kappa shape index (κ1) is 29.9. The Balaban J connectivity index is 1.37. The average Bonchev–Trinajstić information content (AvgIpc) is 3.44. The van der Waals surface area contributed by atoms with Crippen LogP contribution >= 0.6 is 0 Å². The number of urea groups is 1. The van der Waals surface area contributed by atoms with E-state index in [1.54, 1.807) is 18.1 Å². The Morgan fingerprint density at radius 2 is 1.79 bits per heavy atom. The number of piperazine rings is 1. The number of ether oxygens (including phenoxy) is 1. The van der Waals surface area contributed by atoms with Crippen LogP contribution < -0.4 is 20.3 Å². The number of carbonyl (C=O) groups is 2. The highest BCUT2D eigenvalue weighted by atomic mass is 19.1. The van der Waals surface area contributed by atoms with Gasteiger partial charge in [0.1, 0.15) is 17.6 Å². The highest BCUT2D eigenvalue weighted by molar-refractivity contribution is 5.99. The van der Waals surface area contributed by atoms with Gasteiger partial charge < -0.3 is 35.1 Å². The molecule has 1 saturated heterocycles. The molecule has 43 heavy (non-hydrogen) atoms. The third kappa shape index (κ3) is 6.91. The summed E-state index contributed by atoms with van der Waals surface area (Å²) >= 11 is 0. The first-order valence-electron chi connectivity index (χ1n) is 14.5. The monoisotopic (exact) mass is 586 g/mol. The summed E-state index contributed by atoms with van der Waals surface area (Å²) in [6.45, 7) is 4.64. The molecule has 5 rings (SSSR count). The number of fused-ring (bicyclic) bond motifs is 1. The summed E-state index contributed by atoms with van der Waals surface area (Å²) in [5.41, 5.74) is 4.24. The highest BCUT2D eigenvalue weighted by Crippen LogP contribution is 2.31. The van der Waals surface area contributed by atoms with Gasteiger partial charge in [0.05, 0.1) is 12.8 Å². The van der Waals surface area contributed by atoms with E-state index in [2.05, 4.69) is 20.5 Å². The van der Waals surface area contributed by atoms with Crippen LogP contribution in [0.2, 0.25) is 0 Å². The molecule has 0 aliphatic carbocycles. The molecule has 9 nitrogen and oxygen atoms in total. The Labute approximate surface area is 251 Å². The van der Waals surface area contributed by atoms with Crippen LogP contribution in [0.4, 0.5) is 20.6 Å². The summed E-state index contributed by atoms with van der Waals surface area (Å²) in [6, 6.07) is 18.9. The van der Waals surface area contributed by atoms with E-state index in [1.807, 2.05) is 80.6 Å². The van der Waals surface area contributed by atoms with E-state index in [1.165, 1.54) is 12.1 Å².